The molecule has 0 aliphatic carbocycles. The van der Waals surface area contributed by atoms with Gasteiger partial charge >= 0.3 is 0 Å². The first kappa shape index (κ1) is 18.5. The summed E-state index contributed by atoms with van der Waals surface area (Å²) in [4.78, 5) is 18.3. The molecule has 0 atom stereocenters. The van der Waals surface area contributed by atoms with E-state index in [-0.39, 0.29) is 10.8 Å². The van der Waals surface area contributed by atoms with Gasteiger partial charge in [-0.05, 0) is 42.0 Å². The number of benzene rings is 1. The molecule has 0 spiro atoms. The highest BCUT2D eigenvalue weighted by molar-refractivity contribution is 7.89. The Balaban J connectivity index is 1.71. The molecule has 0 bridgehead atoms. The number of morpholine rings is 1. The molecule has 1 aromatic heterocycles. The maximum Gasteiger partial charge on any atom is 0.253 e. The average molecular weight is 375 g/mol. The number of carbonyl (C=O) groups is 1. The molecule has 3 rings (SSSR count). The highest BCUT2D eigenvalue weighted by Crippen LogP contribution is 2.18. The Morgan fingerprint density at radius 2 is 1.73 bits per heavy atom. The lowest BCUT2D eigenvalue weighted by Crippen LogP contribution is -2.40. The van der Waals surface area contributed by atoms with Crippen molar-refractivity contribution in [2.45, 2.75) is 11.4 Å². The fourth-order valence-corrected chi connectivity index (χ4v) is 4.17. The van der Waals surface area contributed by atoms with Gasteiger partial charge in [-0.2, -0.15) is 4.31 Å². The van der Waals surface area contributed by atoms with Crippen LogP contribution < -0.4 is 0 Å². The molecular formula is C18H21N3O4S. The molecule has 0 unspecified atom stereocenters. The van der Waals surface area contributed by atoms with Crippen molar-refractivity contribution in [3.63, 3.8) is 0 Å². The summed E-state index contributed by atoms with van der Waals surface area (Å²) in [5.41, 5.74) is 1.42. The van der Waals surface area contributed by atoms with Gasteiger partial charge in [-0.25, -0.2) is 8.42 Å². The maximum atomic E-state index is 12.6. The van der Waals surface area contributed by atoms with Gasteiger partial charge < -0.3 is 9.64 Å². The first-order chi connectivity index (χ1) is 12.5. The monoisotopic (exact) mass is 375 g/mol. The van der Waals surface area contributed by atoms with Crippen molar-refractivity contribution in [2.75, 3.05) is 33.4 Å². The van der Waals surface area contributed by atoms with Crippen LogP contribution in [0.5, 0.6) is 0 Å². The van der Waals surface area contributed by atoms with Crippen LogP contribution in [0.3, 0.4) is 0 Å². The highest BCUT2D eigenvalue weighted by Gasteiger charge is 2.26. The first-order valence-electron chi connectivity index (χ1n) is 8.31. The van der Waals surface area contributed by atoms with E-state index >= 15 is 0 Å². The Kier molecular flexibility index (Phi) is 5.65. The van der Waals surface area contributed by atoms with Crippen molar-refractivity contribution in [3.05, 3.63) is 59.9 Å². The number of rotatable bonds is 5. The van der Waals surface area contributed by atoms with Crippen LogP contribution in [0.2, 0.25) is 0 Å². The summed E-state index contributed by atoms with van der Waals surface area (Å²) >= 11 is 0. The minimum absolute atomic E-state index is 0.169. The molecule has 0 saturated carbocycles. The van der Waals surface area contributed by atoms with Crippen molar-refractivity contribution >= 4 is 15.9 Å². The van der Waals surface area contributed by atoms with Crippen LogP contribution in [-0.2, 0) is 21.3 Å². The second-order valence-electron chi connectivity index (χ2n) is 6.06. The number of pyridine rings is 1. The predicted octanol–water partition coefficient (Wildman–Crippen LogP) is 1.37. The summed E-state index contributed by atoms with van der Waals surface area (Å²) in [5.74, 6) is -0.169. The fourth-order valence-electron chi connectivity index (χ4n) is 2.76. The summed E-state index contributed by atoms with van der Waals surface area (Å²) in [5, 5.41) is 0. The van der Waals surface area contributed by atoms with Crippen molar-refractivity contribution in [1.82, 2.24) is 14.2 Å². The molecule has 7 nitrogen and oxygen atoms in total. The van der Waals surface area contributed by atoms with Crippen LogP contribution in [0.15, 0.2) is 53.7 Å². The molecule has 2 heterocycles. The molecule has 0 radical (unpaired) electrons. The summed E-state index contributed by atoms with van der Waals surface area (Å²) in [6.07, 6.45) is 3.36. The molecule has 0 N–H and O–H groups in total. The zero-order chi connectivity index (χ0) is 18.6. The molecule has 1 aliphatic heterocycles. The molecule has 26 heavy (non-hydrogen) atoms. The van der Waals surface area contributed by atoms with Gasteiger partial charge in [0.25, 0.3) is 5.91 Å². The summed E-state index contributed by atoms with van der Waals surface area (Å²) in [6, 6.07) is 9.78. The SMILES string of the molecule is CN(Cc1ccncc1)C(=O)c1ccc(S(=O)(=O)N2CCOCC2)cc1. The van der Waals surface area contributed by atoms with Crippen molar-refractivity contribution in [1.29, 1.82) is 0 Å². The van der Waals surface area contributed by atoms with Gasteiger partial charge in [0.1, 0.15) is 0 Å². The lowest BCUT2D eigenvalue weighted by atomic mass is 10.2. The number of hydrogen-bond acceptors (Lipinski definition) is 5. The van der Waals surface area contributed by atoms with Gasteiger partial charge in [-0.1, -0.05) is 0 Å². The predicted molar refractivity (Wildman–Crippen MR) is 96.1 cm³/mol. The third-order valence-corrected chi connectivity index (χ3v) is 6.14. The number of amides is 1. The average Bonchev–Trinajstić information content (AvgIpc) is 2.69. The Morgan fingerprint density at radius 3 is 2.35 bits per heavy atom. The third kappa shape index (κ3) is 4.09. The smallest absolute Gasteiger partial charge is 0.253 e. The van der Waals surface area contributed by atoms with Crippen molar-refractivity contribution in [2.24, 2.45) is 0 Å². The van der Waals surface area contributed by atoms with E-state index < -0.39 is 10.0 Å². The Hall–Kier alpha value is -2.29. The van der Waals surface area contributed by atoms with E-state index in [9.17, 15) is 13.2 Å². The Morgan fingerprint density at radius 1 is 1.12 bits per heavy atom. The van der Waals surface area contributed by atoms with E-state index in [0.717, 1.165) is 5.56 Å². The van der Waals surface area contributed by atoms with E-state index in [2.05, 4.69) is 4.98 Å². The van der Waals surface area contributed by atoms with E-state index in [1.165, 1.54) is 16.4 Å². The van der Waals surface area contributed by atoms with Gasteiger partial charge in [-0.15, -0.1) is 0 Å². The summed E-state index contributed by atoms with van der Waals surface area (Å²) < 4.78 is 31.8. The van der Waals surface area contributed by atoms with E-state index in [1.807, 2.05) is 12.1 Å². The van der Waals surface area contributed by atoms with Crippen LogP contribution >= 0.6 is 0 Å². The number of sulfonamides is 1. The van der Waals surface area contributed by atoms with Crippen LogP contribution in [0, 0.1) is 0 Å². The van der Waals surface area contributed by atoms with Gasteiger partial charge in [0, 0.05) is 44.6 Å². The minimum atomic E-state index is -3.55. The second kappa shape index (κ2) is 7.94. The number of nitrogens with zero attached hydrogens (tertiary/aromatic N) is 3. The molecule has 1 amide bonds. The van der Waals surface area contributed by atoms with Crippen molar-refractivity contribution in [3.8, 4) is 0 Å². The maximum absolute atomic E-state index is 12.6. The highest BCUT2D eigenvalue weighted by atomic mass is 32.2. The fraction of sp³-hybridized carbons (Fsp3) is 0.333. The van der Waals surface area contributed by atoms with Gasteiger partial charge in [0.05, 0.1) is 18.1 Å². The lowest BCUT2D eigenvalue weighted by molar-refractivity contribution is 0.0730. The van der Waals surface area contributed by atoms with Crippen LogP contribution in [0.1, 0.15) is 15.9 Å². The largest absolute Gasteiger partial charge is 0.379 e. The molecule has 1 aromatic carbocycles. The van der Waals surface area contributed by atoms with E-state index in [1.54, 1.807) is 36.5 Å². The first-order valence-corrected chi connectivity index (χ1v) is 9.75. The Bertz CT molecular complexity index is 848. The van der Waals surface area contributed by atoms with Crippen LogP contribution in [0.25, 0.3) is 0 Å². The molecule has 138 valence electrons. The molecule has 1 aliphatic rings. The van der Waals surface area contributed by atoms with Crippen LogP contribution in [0.4, 0.5) is 0 Å². The topological polar surface area (TPSA) is 79.8 Å². The normalized spacial score (nSPS) is 15.6. The van der Waals surface area contributed by atoms with Gasteiger partial charge in [0.15, 0.2) is 0 Å². The molecule has 1 saturated heterocycles. The van der Waals surface area contributed by atoms with Crippen molar-refractivity contribution < 1.29 is 17.9 Å². The van der Waals surface area contributed by atoms with Gasteiger partial charge in [-0.3, -0.25) is 9.78 Å². The number of ether oxygens (including phenoxy) is 1. The minimum Gasteiger partial charge on any atom is -0.379 e. The summed E-state index contributed by atoms with van der Waals surface area (Å²) in [7, 11) is -1.84. The number of carbonyl (C=O) groups excluding carboxylic acids is 1. The molecule has 1 fully saturated rings. The third-order valence-electron chi connectivity index (χ3n) is 4.22. The van der Waals surface area contributed by atoms with Crippen LogP contribution in [-0.4, -0.2) is 61.9 Å². The molecule has 8 heteroatoms. The second-order valence-corrected chi connectivity index (χ2v) is 8.00. The lowest BCUT2D eigenvalue weighted by Gasteiger charge is -2.26. The van der Waals surface area contributed by atoms with E-state index in [4.69, 9.17) is 4.74 Å². The zero-order valence-corrected chi connectivity index (χ0v) is 15.4. The van der Waals surface area contributed by atoms with E-state index in [0.29, 0.717) is 38.4 Å². The standard InChI is InChI=1S/C18H21N3O4S/c1-20(14-15-6-8-19-9-7-15)18(22)16-2-4-17(5-3-16)26(23,24)21-10-12-25-13-11-21/h2-9H,10-14H2,1H3. The zero-order valence-electron chi connectivity index (χ0n) is 14.5. The quantitative estimate of drug-likeness (QED) is 0.789. The molecular weight excluding hydrogens is 354 g/mol. The Labute approximate surface area is 153 Å². The summed E-state index contributed by atoms with van der Waals surface area (Å²) in [6.45, 7) is 1.94. The number of aromatic nitrogens is 1. The van der Waals surface area contributed by atoms with Gasteiger partial charge in [0.2, 0.25) is 10.0 Å². The number of hydrogen-bond donors (Lipinski definition) is 0. The molecule has 2 aromatic rings.